The molecule has 0 saturated carbocycles. The Morgan fingerprint density at radius 2 is 2.18 bits per heavy atom. The highest BCUT2D eigenvalue weighted by Crippen LogP contribution is 2.03. The first-order valence-corrected chi connectivity index (χ1v) is 4.85. The number of carbonyl (C=O) groups is 3. The van der Waals surface area contributed by atoms with Gasteiger partial charge in [-0.05, 0) is 12.5 Å². The lowest BCUT2D eigenvalue weighted by Gasteiger charge is -2.12. The van der Waals surface area contributed by atoms with Crippen LogP contribution in [0, 0.1) is 0 Å². The van der Waals surface area contributed by atoms with E-state index in [4.69, 9.17) is 15.3 Å². The number of nitrogens with one attached hydrogen (secondary N) is 1. The fourth-order valence-corrected chi connectivity index (χ4v) is 1.18. The molecule has 0 saturated heterocycles. The Balaban J connectivity index is 2.58. The van der Waals surface area contributed by atoms with Crippen molar-refractivity contribution in [3.05, 3.63) is 24.2 Å². The van der Waals surface area contributed by atoms with Gasteiger partial charge >= 0.3 is 5.97 Å². The van der Waals surface area contributed by atoms with Crippen LogP contribution in [0.4, 0.5) is 0 Å². The Kier molecular flexibility index (Phi) is 4.27. The molecule has 7 nitrogen and oxygen atoms in total. The molecule has 1 atom stereocenters. The third kappa shape index (κ3) is 3.98. The van der Waals surface area contributed by atoms with E-state index in [9.17, 15) is 14.4 Å². The lowest BCUT2D eigenvalue weighted by atomic mass is 10.1. The van der Waals surface area contributed by atoms with E-state index in [1.807, 2.05) is 0 Å². The molecule has 17 heavy (non-hydrogen) atoms. The summed E-state index contributed by atoms with van der Waals surface area (Å²) in [5.41, 5.74) is 5.12. The van der Waals surface area contributed by atoms with E-state index in [2.05, 4.69) is 5.32 Å². The van der Waals surface area contributed by atoms with Gasteiger partial charge in [0.2, 0.25) is 5.91 Å². The van der Waals surface area contributed by atoms with E-state index in [-0.39, 0.29) is 18.4 Å². The highest BCUT2D eigenvalue weighted by molar-refractivity contribution is 5.96. The predicted octanol–water partition coefficient (Wildman–Crippen LogP) is -0.272. The van der Waals surface area contributed by atoms with Crippen LogP contribution >= 0.6 is 0 Å². The smallest absolute Gasteiger partial charge is 0.326 e. The third-order valence-corrected chi connectivity index (χ3v) is 2.07. The van der Waals surface area contributed by atoms with E-state index in [1.54, 1.807) is 0 Å². The molecular weight excluding hydrogens is 228 g/mol. The molecule has 1 aromatic rings. The van der Waals surface area contributed by atoms with Gasteiger partial charge in [-0.3, -0.25) is 9.59 Å². The van der Waals surface area contributed by atoms with Crippen molar-refractivity contribution < 1.29 is 23.9 Å². The van der Waals surface area contributed by atoms with Gasteiger partial charge in [-0.25, -0.2) is 4.79 Å². The number of carboxylic acid groups (broad SMARTS) is 1. The molecule has 0 aromatic carbocycles. The number of carboxylic acids is 1. The maximum atomic E-state index is 11.5. The van der Waals surface area contributed by atoms with Gasteiger partial charge in [0, 0.05) is 6.42 Å². The number of primary amides is 1. The van der Waals surface area contributed by atoms with Crippen molar-refractivity contribution in [1.82, 2.24) is 5.32 Å². The van der Waals surface area contributed by atoms with Crippen LogP contribution in [0.15, 0.2) is 23.0 Å². The standard InChI is InChI=1S/C10H12N2O5/c11-8(13)2-1-7(10(15)16)12-9(14)6-3-4-17-5-6/h3-5,7H,1-2H2,(H2,11,13)(H,12,14)(H,15,16). The summed E-state index contributed by atoms with van der Waals surface area (Å²) < 4.78 is 4.69. The monoisotopic (exact) mass is 240 g/mol. The average molecular weight is 240 g/mol. The summed E-state index contributed by atoms with van der Waals surface area (Å²) in [5, 5.41) is 11.1. The van der Waals surface area contributed by atoms with Crippen LogP contribution in [-0.2, 0) is 9.59 Å². The number of carbonyl (C=O) groups excluding carboxylic acids is 2. The van der Waals surface area contributed by atoms with Crippen molar-refractivity contribution >= 4 is 17.8 Å². The van der Waals surface area contributed by atoms with Crippen molar-refractivity contribution in [2.75, 3.05) is 0 Å². The summed E-state index contributed by atoms with van der Waals surface area (Å²) in [6.07, 6.45) is 2.34. The van der Waals surface area contributed by atoms with Crippen molar-refractivity contribution in [2.45, 2.75) is 18.9 Å². The van der Waals surface area contributed by atoms with E-state index in [0.717, 1.165) is 0 Å². The Labute approximate surface area is 96.6 Å². The lowest BCUT2D eigenvalue weighted by Crippen LogP contribution is -2.41. The van der Waals surface area contributed by atoms with Crippen LogP contribution in [0.2, 0.25) is 0 Å². The van der Waals surface area contributed by atoms with Crippen LogP contribution in [0.3, 0.4) is 0 Å². The van der Waals surface area contributed by atoms with Gasteiger partial charge in [0.1, 0.15) is 12.3 Å². The topological polar surface area (TPSA) is 123 Å². The van der Waals surface area contributed by atoms with Crippen LogP contribution in [-0.4, -0.2) is 28.9 Å². The molecule has 0 aliphatic carbocycles. The Hall–Kier alpha value is -2.31. The van der Waals surface area contributed by atoms with Crippen LogP contribution in [0.5, 0.6) is 0 Å². The van der Waals surface area contributed by atoms with Crippen LogP contribution in [0.25, 0.3) is 0 Å². The van der Waals surface area contributed by atoms with Gasteiger partial charge in [0.25, 0.3) is 5.91 Å². The Bertz CT molecular complexity index is 412. The molecular formula is C10H12N2O5. The quantitative estimate of drug-likeness (QED) is 0.631. The second-order valence-electron chi connectivity index (χ2n) is 3.38. The molecule has 0 aliphatic heterocycles. The van der Waals surface area contributed by atoms with Gasteiger partial charge in [-0.2, -0.15) is 0 Å². The van der Waals surface area contributed by atoms with Crippen LogP contribution < -0.4 is 11.1 Å². The van der Waals surface area contributed by atoms with Gasteiger partial charge in [0.05, 0.1) is 11.8 Å². The molecule has 1 heterocycles. The maximum Gasteiger partial charge on any atom is 0.326 e. The first-order valence-electron chi connectivity index (χ1n) is 4.85. The van der Waals surface area contributed by atoms with Crippen molar-refractivity contribution in [3.8, 4) is 0 Å². The molecule has 7 heteroatoms. The summed E-state index contributed by atoms with van der Waals surface area (Å²) in [6, 6.07) is 0.257. The highest BCUT2D eigenvalue weighted by atomic mass is 16.4. The minimum Gasteiger partial charge on any atom is -0.480 e. The summed E-state index contributed by atoms with van der Waals surface area (Å²) in [5.74, 6) is -2.41. The zero-order chi connectivity index (χ0) is 12.8. The van der Waals surface area contributed by atoms with E-state index >= 15 is 0 Å². The molecule has 0 fully saturated rings. The Morgan fingerprint density at radius 1 is 1.47 bits per heavy atom. The molecule has 0 bridgehead atoms. The van der Waals surface area contributed by atoms with E-state index in [1.165, 1.54) is 18.6 Å². The largest absolute Gasteiger partial charge is 0.480 e. The predicted molar refractivity (Wildman–Crippen MR) is 56.0 cm³/mol. The summed E-state index contributed by atoms with van der Waals surface area (Å²) in [4.78, 5) is 32.9. The normalized spacial score (nSPS) is 11.8. The molecule has 1 unspecified atom stereocenters. The summed E-state index contributed by atoms with van der Waals surface area (Å²) >= 11 is 0. The van der Waals surface area contributed by atoms with Gasteiger partial charge in [-0.1, -0.05) is 0 Å². The second kappa shape index (κ2) is 5.69. The zero-order valence-corrected chi connectivity index (χ0v) is 8.88. The number of rotatable bonds is 6. The zero-order valence-electron chi connectivity index (χ0n) is 8.88. The number of aliphatic carboxylic acids is 1. The molecule has 4 N–H and O–H groups in total. The van der Waals surface area contributed by atoms with Gasteiger partial charge < -0.3 is 20.6 Å². The summed E-state index contributed by atoms with van der Waals surface area (Å²) in [7, 11) is 0. The number of nitrogens with two attached hydrogens (primary N) is 1. The number of furan rings is 1. The van der Waals surface area contributed by atoms with E-state index < -0.39 is 23.8 Å². The molecule has 0 spiro atoms. The first-order chi connectivity index (χ1) is 8.00. The highest BCUT2D eigenvalue weighted by Gasteiger charge is 2.21. The van der Waals surface area contributed by atoms with Crippen molar-refractivity contribution in [2.24, 2.45) is 5.73 Å². The number of hydrogen-bond donors (Lipinski definition) is 3. The van der Waals surface area contributed by atoms with Crippen molar-refractivity contribution in [3.63, 3.8) is 0 Å². The molecule has 0 radical (unpaired) electrons. The molecule has 2 amide bonds. The molecule has 1 aromatic heterocycles. The molecule has 0 aliphatic rings. The SMILES string of the molecule is NC(=O)CCC(NC(=O)c1ccoc1)C(=O)O. The maximum absolute atomic E-state index is 11.5. The fourth-order valence-electron chi connectivity index (χ4n) is 1.18. The Morgan fingerprint density at radius 3 is 2.65 bits per heavy atom. The lowest BCUT2D eigenvalue weighted by molar-refractivity contribution is -0.139. The minimum absolute atomic E-state index is 0.0474. The molecule has 92 valence electrons. The number of hydrogen-bond acceptors (Lipinski definition) is 4. The first kappa shape index (κ1) is 12.8. The van der Waals surface area contributed by atoms with Crippen LogP contribution in [0.1, 0.15) is 23.2 Å². The fraction of sp³-hybridized carbons (Fsp3) is 0.300. The number of amides is 2. The minimum atomic E-state index is -1.22. The summed E-state index contributed by atoms with van der Waals surface area (Å²) in [6.45, 7) is 0. The van der Waals surface area contributed by atoms with Gasteiger partial charge in [0.15, 0.2) is 0 Å². The van der Waals surface area contributed by atoms with Gasteiger partial charge in [-0.15, -0.1) is 0 Å². The van der Waals surface area contributed by atoms with E-state index in [0.29, 0.717) is 0 Å². The van der Waals surface area contributed by atoms with Crippen molar-refractivity contribution in [1.29, 1.82) is 0 Å². The second-order valence-corrected chi connectivity index (χ2v) is 3.38. The third-order valence-electron chi connectivity index (χ3n) is 2.07. The molecule has 1 rings (SSSR count). The average Bonchev–Trinajstić information content (AvgIpc) is 2.76.